The third-order valence-electron chi connectivity index (χ3n) is 5.58. The predicted octanol–water partition coefficient (Wildman–Crippen LogP) is 3.34. The maximum atomic E-state index is 12.1. The predicted molar refractivity (Wildman–Crippen MR) is 130 cm³/mol. The van der Waals surface area contributed by atoms with E-state index in [9.17, 15) is 13.2 Å². The number of sulfone groups is 1. The Balaban J connectivity index is 1.46. The Kier molecular flexibility index (Phi) is 9.47. The molecule has 1 heterocycles. The summed E-state index contributed by atoms with van der Waals surface area (Å²) in [6.45, 7) is 4.36. The van der Waals surface area contributed by atoms with Gasteiger partial charge in [0.2, 0.25) is 0 Å². The number of amides is 1. The van der Waals surface area contributed by atoms with Crippen LogP contribution in [-0.4, -0.2) is 52.7 Å². The van der Waals surface area contributed by atoms with Crippen molar-refractivity contribution in [2.24, 2.45) is 11.1 Å². The number of hydrogen-bond acceptors (Lipinski definition) is 7. The van der Waals surface area contributed by atoms with Crippen molar-refractivity contribution < 1.29 is 27.5 Å². The highest BCUT2D eigenvalue weighted by Gasteiger charge is 2.15. The van der Waals surface area contributed by atoms with Crippen molar-refractivity contribution in [3.05, 3.63) is 59.7 Å². The third-order valence-corrected chi connectivity index (χ3v) is 6.71. The molecule has 8 nitrogen and oxygen atoms in total. The van der Waals surface area contributed by atoms with Crippen LogP contribution in [0.25, 0.3) is 0 Å². The van der Waals surface area contributed by atoms with Crippen molar-refractivity contribution in [2.45, 2.75) is 37.7 Å². The minimum Gasteiger partial charge on any atom is -0.484 e. The highest BCUT2D eigenvalue weighted by atomic mass is 32.2. The second-order valence-electron chi connectivity index (χ2n) is 8.25. The summed E-state index contributed by atoms with van der Waals surface area (Å²) in [5.41, 5.74) is 2.49. The van der Waals surface area contributed by atoms with E-state index in [0.717, 1.165) is 42.9 Å². The summed E-state index contributed by atoms with van der Waals surface area (Å²) in [5.74, 6) is 0.939. The SMILES string of the molecule is CCC(=NOCc1ccc(S(C)(=O)=O)cc1)c1ccc(OCC(=O)NCC2CCOCC2)cc1. The molecule has 0 unspecified atom stereocenters. The second kappa shape index (κ2) is 12.5. The molecule has 0 radical (unpaired) electrons. The van der Waals surface area contributed by atoms with Crippen molar-refractivity contribution in [3.63, 3.8) is 0 Å². The lowest BCUT2D eigenvalue weighted by atomic mass is 10.0. The minimum absolute atomic E-state index is 0.0292. The molecule has 1 aliphatic heterocycles. The number of ether oxygens (including phenoxy) is 2. The Hall–Kier alpha value is -2.91. The summed E-state index contributed by atoms with van der Waals surface area (Å²) in [6, 6.07) is 13.9. The molecule has 34 heavy (non-hydrogen) atoms. The first-order chi connectivity index (χ1) is 16.3. The van der Waals surface area contributed by atoms with Crippen molar-refractivity contribution in [2.75, 3.05) is 32.6 Å². The van der Waals surface area contributed by atoms with Crippen LogP contribution in [0.5, 0.6) is 5.75 Å². The molecular weight excluding hydrogens is 456 g/mol. The molecule has 0 spiro atoms. The molecule has 0 saturated carbocycles. The highest BCUT2D eigenvalue weighted by molar-refractivity contribution is 7.90. The Morgan fingerprint density at radius 2 is 1.76 bits per heavy atom. The van der Waals surface area contributed by atoms with Crippen LogP contribution in [0.4, 0.5) is 0 Å². The van der Waals surface area contributed by atoms with Gasteiger partial charge < -0.3 is 19.6 Å². The summed E-state index contributed by atoms with van der Waals surface area (Å²) in [4.78, 5) is 17.8. The van der Waals surface area contributed by atoms with Gasteiger partial charge in [0.05, 0.1) is 10.6 Å². The van der Waals surface area contributed by atoms with Gasteiger partial charge in [-0.15, -0.1) is 0 Å². The number of rotatable bonds is 11. The van der Waals surface area contributed by atoms with E-state index in [1.807, 2.05) is 19.1 Å². The average Bonchev–Trinajstić information content (AvgIpc) is 2.85. The zero-order chi connectivity index (χ0) is 24.4. The summed E-state index contributed by atoms with van der Waals surface area (Å²) < 4.78 is 34.0. The number of carbonyl (C=O) groups is 1. The summed E-state index contributed by atoms with van der Waals surface area (Å²) in [7, 11) is -3.22. The van der Waals surface area contributed by atoms with Gasteiger partial charge in [-0.1, -0.05) is 24.2 Å². The van der Waals surface area contributed by atoms with Crippen LogP contribution in [0.15, 0.2) is 58.6 Å². The standard InChI is InChI=1S/C25H32N2O6S/c1-3-24(27-33-17-20-4-10-23(11-5-20)34(2,29)30)21-6-8-22(9-7-21)32-18-25(28)26-16-19-12-14-31-15-13-19/h4-11,19H,3,12-18H2,1-2H3,(H,26,28). The molecule has 3 rings (SSSR count). The topological polar surface area (TPSA) is 103 Å². The lowest BCUT2D eigenvalue weighted by Gasteiger charge is -2.22. The Morgan fingerprint density at radius 3 is 2.38 bits per heavy atom. The van der Waals surface area contributed by atoms with E-state index < -0.39 is 9.84 Å². The van der Waals surface area contributed by atoms with Gasteiger partial charge in [-0.2, -0.15) is 0 Å². The van der Waals surface area contributed by atoms with Crippen molar-refractivity contribution in [1.29, 1.82) is 0 Å². The fourth-order valence-electron chi connectivity index (χ4n) is 3.49. The maximum absolute atomic E-state index is 12.1. The first-order valence-corrected chi connectivity index (χ1v) is 13.3. The van der Waals surface area contributed by atoms with E-state index in [4.69, 9.17) is 14.3 Å². The molecule has 184 valence electrons. The first-order valence-electron chi connectivity index (χ1n) is 11.4. The van der Waals surface area contributed by atoms with E-state index >= 15 is 0 Å². The number of hydrogen-bond donors (Lipinski definition) is 1. The number of benzene rings is 2. The molecule has 0 aromatic heterocycles. The van der Waals surface area contributed by atoms with Crippen molar-refractivity contribution in [3.8, 4) is 5.75 Å². The molecule has 0 atom stereocenters. The van der Waals surface area contributed by atoms with E-state index in [0.29, 0.717) is 24.6 Å². The highest BCUT2D eigenvalue weighted by Crippen LogP contribution is 2.16. The number of nitrogens with zero attached hydrogens (tertiary/aromatic N) is 1. The van der Waals surface area contributed by atoms with Crippen LogP contribution in [0.3, 0.4) is 0 Å². The summed E-state index contributed by atoms with van der Waals surface area (Å²) in [5, 5.41) is 7.16. The van der Waals surface area contributed by atoms with Crippen molar-refractivity contribution >= 4 is 21.5 Å². The monoisotopic (exact) mass is 488 g/mol. The molecule has 1 saturated heterocycles. The lowest BCUT2D eigenvalue weighted by Crippen LogP contribution is -2.35. The van der Waals surface area contributed by atoms with Gasteiger partial charge in [0, 0.05) is 26.0 Å². The van der Waals surface area contributed by atoms with Crippen molar-refractivity contribution in [1.82, 2.24) is 5.32 Å². The van der Waals surface area contributed by atoms with E-state index in [2.05, 4.69) is 10.5 Å². The largest absolute Gasteiger partial charge is 0.484 e. The van der Waals surface area contributed by atoms with Crippen LogP contribution in [-0.2, 0) is 30.8 Å². The minimum atomic E-state index is -3.22. The Bertz CT molecular complexity index is 1060. The van der Waals surface area contributed by atoms with Gasteiger partial charge in [0.15, 0.2) is 16.4 Å². The van der Waals surface area contributed by atoms with Crippen LogP contribution >= 0.6 is 0 Å². The van der Waals surface area contributed by atoms with E-state index in [1.165, 1.54) is 6.26 Å². The van der Waals surface area contributed by atoms with Gasteiger partial charge in [-0.05, 0) is 72.7 Å². The van der Waals surface area contributed by atoms with E-state index in [1.54, 1.807) is 36.4 Å². The van der Waals surface area contributed by atoms with Gasteiger partial charge in [-0.25, -0.2) is 8.42 Å². The average molecular weight is 489 g/mol. The van der Waals surface area contributed by atoms with E-state index in [-0.39, 0.29) is 24.0 Å². The molecule has 1 aliphatic rings. The van der Waals surface area contributed by atoms with Gasteiger partial charge in [-0.3, -0.25) is 4.79 Å². The number of oxime groups is 1. The molecule has 2 aromatic carbocycles. The number of carbonyl (C=O) groups excluding carboxylic acids is 1. The molecule has 0 aliphatic carbocycles. The zero-order valence-corrected chi connectivity index (χ0v) is 20.5. The third kappa shape index (κ3) is 8.14. The first kappa shape index (κ1) is 25.7. The molecule has 1 fully saturated rings. The fourth-order valence-corrected chi connectivity index (χ4v) is 4.12. The van der Waals surface area contributed by atoms with Gasteiger partial charge >= 0.3 is 0 Å². The van der Waals surface area contributed by atoms with Gasteiger partial charge in [0.1, 0.15) is 12.4 Å². The van der Waals surface area contributed by atoms with Gasteiger partial charge in [0.25, 0.3) is 5.91 Å². The smallest absolute Gasteiger partial charge is 0.257 e. The van der Waals surface area contributed by atoms with Crippen LogP contribution in [0.1, 0.15) is 37.3 Å². The molecule has 1 N–H and O–H groups in total. The fraction of sp³-hybridized carbons (Fsp3) is 0.440. The van der Waals surface area contributed by atoms with Crippen LogP contribution < -0.4 is 10.1 Å². The zero-order valence-electron chi connectivity index (χ0n) is 19.7. The normalized spacial score (nSPS) is 15.1. The number of nitrogens with one attached hydrogen (secondary N) is 1. The van der Waals surface area contributed by atoms with Crippen LogP contribution in [0, 0.1) is 5.92 Å². The maximum Gasteiger partial charge on any atom is 0.257 e. The molecule has 1 amide bonds. The lowest BCUT2D eigenvalue weighted by molar-refractivity contribution is -0.123. The molecule has 9 heteroatoms. The second-order valence-corrected chi connectivity index (χ2v) is 10.3. The summed E-state index contributed by atoms with van der Waals surface area (Å²) in [6.07, 6.45) is 3.80. The Morgan fingerprint density at radius 1 is 1.09 bits per heavy atom. The Labute approximate surface area is 201 Å². The quantitative estimate of drug-likeness (QED) is 0.384. The van der Waals surface area contributed by atoms with Crippen LogP contribution in [0.2, 0.25) is 0 Å². The molecular formula is C25H32N2O6S. The molecule has 0 bridgehead atoms. The summed E-state index contributed by atoms with van der Waals surface area (Å²) >= 11 is 0. The molecule has 2 aromatic rings.